The Morgan fingerprint density at radius 3 is 2.95 bits per heavy atom. The average molecular weight is 262 g/mol. The van der Waals surface area contributed by atoms with Gasteiger partial charge in [-0.05, 0) is 35.7 Å². The number of hydrogen-bond acceptors (Lipinski definition) is 4. The van der Waals surface area contributed by atoms with E-state index in [-0.39, 0.29) is 0 Å². The summed E-state index contributed by atoms with van der Waals surface area (Å²) in [5.41, 5.74) is 2.77. The van der Waals surface area contributed by atoms with E-state index in [2.05, 4.69) is 20.1 Å². The molecule has 0 atom stereocenters. The molecule has 0 spiro atoms. The van der Waals surface area contributed by atoms with Gasteiger partial charge in [0.2, 0.25) is 5.82 Å². The second-order valence-corrected chi connectivity index (χ2v) is 4.44. The van der Waals surface area contributed by atoms with Crippen molar-refractivity contribution >= 4 is 10.9 Å². The van der Waals surface area contributed by atoms with E-state index in [9.17, 15) is 0 Å². The fraction of sp³-hybridized carbons (Fsp3) is 0. The molecule has 5 nitrogen and oxygen atoms in total. The number of hydrogen-bond donors (Lipinski definition) is 1. The van der Waals surface area contributed by atoms with Crippen LogP contribution in [0.1, 0.15) is 0 Å². The monoisotopic (exact) mass is 262 g/mol. The molecule has 96 valence electrons. The zero-order valence-electron chi connectivity index (χ0n) is 10.4. The Morgan fingerprint density at radius 2 is 2.05 bits per heavy atom. The van der Waals surface area contributed by atoms with E-state index >= 15 is 0 Å². The summed E-state index contributed by atoms with van der Waals surface area (Å²) in [5.74, 6) is 1.04. The molecule has 0 bridgehead atoms. The molecule has 0 amide bonds. The molecule has 0 radical (unpaired) electrons. The van der Waals surface area contributed by atoms with Crippen molar-refractivity contribution in [2.24, 2.45) is 0 Å². The topological polar surface area (TPSA) is 67.6 Å². The van der Waals surface area contributed by atoms with E-state index in [0.29, 0.717) is 11.7 Å². The molecule has 0 aliphatic rings. The van der Waals surface area contributed by atoms with Crippen LogP contribution in [-0.4, -0.2) is 20.1 Å². The van der Waals surface area contributed by atoms with Crippen molar-refractivity contribution < 1.29 is 4.52 Å². The van der Waals surface area contributed by atoms with Crippen LogP contribution in [0.4, 0.5) is 0 Å². The van der Waals surface area contributed by atoms with Crippen LogP contribution in [-0.2, 0) is 0 Å². The normalized spacial score (nSPS) is 11.0. The number of rotatable bonds is 2. The molecule has 0 aliphatic heterocycles. The molecular weight excluding hydrogens is 252 g/mol. The smallest absolute Gasteiger partial charge is 0.258 e. The van der Waals surface area contributed by atoms with Gasteiger partial charge in [-0.2, -0.15) is 4.98 Å². The van der Waals surface area contributed by atoms with Gasteiger partial charge in [-0.15, -0.1) is 0 Å². The van der Waals surface area contributed by atoms with Gasteiger partial charge in [-0.1, -0.05) is 11.2 Å². The molecule has 1 aromatic carbocycles. The maximum absolute atomic E-state index is 5.33. The Bertz CT molecular complexity index is 864. The largest absolute Gasteiger partial charge is 0.361 e. The van der Waals surface area contributed by atoms with Crippen LogP contribution >= 0.6 is 0 Å². The lowest BCUT2D eigenvalue weighted by Crippen LogP contribution is -1.82. The fourth-order valence-corrected chi connectivity index (χ4v) is 2.13. The van der Waals surface area contributed by atoms with E-state index in [1.165, 1.54) is 0 Å². The Balaban J connectivity index is 1.77. The molecule has 0 fully saturated rings. The van der Waals surface area contributed by atoms with Gasteiger partial charge in [-0.3, -0.25) is 4.98 Å². The first-order chi connectivity index (χ1) is 9.90. The predicted octanol–water partition coefficient (Wildman–Crippen LogP) is 3.28. The lowest BCUT2D eigenvalue weighted by Gasteiger charge is -1.94. The molecule has 0 aliphatic carbocycles. The predicted molar refractivity (Wildman–Crippen MR) is 74.8 cm³/mol. The zero-order valence-corrected chi connectivity index (χ0v) is 10.4. The lowest BCUT2D eigenvalue weighted by molar-refractivity contribution is 0.432. The number of aromatic amines is 1. The highest BCUT2D eigenvalue weighted by Gasteiger charge is 2.11. The van der Waals surface area contributed by atoms with E-state index < -0.39 is 0 Å². The first kappa shape index (κ1) is 10.9. The summed E-state index contributed by atoms with van der Waals surface area (Å²) >= 11 is 0. The molecular formula is C15H10N4O. The maximum Gasteiger partial charge on any atom is 0.258 e. The number of nitrogens with zero attached hydrogens (tertiary/aromatic N) is 3. The molecule has 1 N–H and O–H groups in total. The first-order valence-electron chi connectivity index (χ1n) is 6.22. The third kappa shape index (κ3) is 1.76. The standard InChI is InChI=1S/C15H10N4O/c1-2-12(9-16-6-1)14-18-15(20-19-14)11-4-3-10-5-7-17-13(10)8-11/h1-9,17H. The Labute approximate surface area is 114 Å². The van der Waals surface area contributed by atoms with Crippen LogP contribution in [0.15, 0.2) is 59.5 Å². The Hall–Kier alpha value is -2.95. The molecule has 5 heteroatoms. The summed E-state index contributed by atoms with van der Waals surface area (Å²) in [5, 5.41) is 5.15. The van der Waals surface area contributed by atoms with Gasteiger partial charge in [0.15, 0.2) is 0 Å². The van der Waals surface area contributed by atoms with E-state index in [4.69, 9.17) is 4.52 Å². The van der Waals surface area contributed by atoms with Crippen LogP contribution in [0.25, 0.3) is 33.7 Å². The second-order valence-electron chi connectivity index (χ2n) is 4.44. The van der Waals surface area contributed by atoms with Gasteiger partial charge in [0.05, 0.1) is 0 Å². The summed E-state index contributed by atoms with van der Waals surface area (Å²) in [6.07, 6.45) is 5.33. The highest BCUT2D eigenvalue weighted by molar-refractivity contribution is 5.83. The first-order valence-corrected chi connectivity index (χ1v) is 6.22. The number of benzene rings is 1. The van der Waals surface area contributed by atoms with Crippen molar-refractivity contribution in [3.8, 4) is 22.8 Å². The molecule has 0 saturated heterocycles. The second kappa shape index (κ2) is 4.31. The summed E-state index contributed by atoms with van der Waals surface area (Å²) in [7, 11) is 0. The van der Waals surface area contributed by atoms with Gasteiger partial charge in [0, 0.05) is 35.2 Å². The summed E-state index contributed by atoms with van der Waals surface area (Å²) in [6, 6.07) is 11.8. The van der Waals surface area contributed by atoms with E-state index in [0.717, 1.165) is 22.0 Å². The van der Waals surface area contributed by atoms with Crippen LogP contribution in [0, 0.1) is 0 Å². The van der Waals surface area contributed by atoms with Gasteiger partial charge < -0.3 is 9.51 Å². The fourth-order valence-electron chi connectivity index (χ4n) is 2.13. The maximum atomic E-state index is 5.33. The van der Waals surface area contributed by atoms with Crippen molar-refractivity contribution in [3.05, 3.63) is 55.0 Å². The summed E-state index contributed by atoms with van der Waals surface area (Å²) < 4.78 is 5.33. The van der Waals surface area contributed by atoms with Gasteiger partial charge in [0.25, 0.3) is 5.89 Å². The van der Waals surface area contributed by atoms with Crippen LogP contribution in [0.5, 0.6) is 0 Å². The number of H-pyrrole nitrogens is 1. The third-order valence-corrected chi connectivity index (χ3v) is 3.15. The molecule has 3 heterocycles. The zero-order chi connectivity index (χ0) is 13.4. The molecule has 20 heavy (non-hydrogen) atoms. The molecule has 4 rings (SSSR count). The number of pyridine rings is 1. The van der Waals surface area contributed by atoms with Crippen molar-refractivity contribution in [2.75, 3.05) is 0 Å². The number of nitrogens with one attached hydrogen (secondary N) is 1. The number of fused-ring (bicyclic) bond motifs is 1. The summed E-state index contributed by atoms with van der Waals surface area (Å²) in [6.45, 7) is 0. The minimum atomic E-state index is 0.500. The van der Waals surface area contributed by atoms with Gasteiger partial charge in [-0.25, -0.2) is 0 Å². The average Bonchev–Trinajstić information content (AvgIpc) is 3.16. The molecule has 3 aromatic heterocycles. The SMILES string of the molecule is c1cncc(-c2noc(-c3ccc4cc[nH]c4c3)n2)c1. The van der Waals surface area contributed by atoms with Crippen LogP contribution in [0.3, 0.4) is 0 Å². The lowest BCUT2D eigenvalue weighted by atomic mass is 10.1. The minimum Gasteiger partial charge on any atom is -0.361 e. The van der Waals surface area contributed by atoms with Crippen molar-refractivity contribution in [2.45, 2.75) is 0 Å². The van der Waals surface area contributed by atoms with Crippen LogP contribution < -0.4 is 0 Å². The van der Waals surface area contributed by atoms with E-state index in [1.807, 2.05) is 42.6 Å². The quantitative estimate of drug-likeness (QED) is 0.602. The Morgan fingerprint density at radius 1 is 1.05 bits per heavy atom. The third-order valence-electron chi connectivity index (χ3n) is 3.15. The van der Waals surface area contributed by atoms with Crippen LogP contribution in [0.2, 0.25) is 0 Å². The molecule has 0 saturated carbocycles. The minimum absolute atomic E-state index is 0.500. The van der Waals surface area contributed by atoms with Gasteiger partial charge in [0.1, 0.15) is 0 Å². The highest BCUT2D eigenvalue weighted by Crippen LogP contribution is 2.24. The summed E-state index contributed by atoms with van der Waals surface area (Å²) in [4.78, 5) is 11.6. The van der Waals surface area contributed by atoms with Crippen molar-refractivity contribution in [1.82, 2.24) is 20.1 Å². The van der Waals surface area contributed by atoms with Gasteiger partial charge >= 0.3 is 0 Å². The molecule has 4 aromatic rings. The van der Waals surface area contributed by atoms with Crippen molar-refractivity contribution in [3.63, 3.8) is 0 Å². The Kier molecular flexibility index (Phi) is 2.35. The van der Waals surface area contributed by atoms with E-state index in [1.54, 1.807) is 12.4 Å². The number of aromatic nitrogens is 4. The van der Waals surface area contributed by atoms with Crippen molar-refractivity contribution in [1.29, 1.82) is 0 Å². The highest BCUT2D eigenvalue weighted by atomic mass is 16.5. The molecule has 0 unspecified atom stereocenters.